The molecule has 0 unspecified atom stereocenters. The van der Waals surface area contributed by atoms with Crippen LogP contribution < -0.4 is 15.8 Å². The van der Waals surface area contributed by atoms with Gasteiger partial charge in [0.05, 0.1) is 6.61 Å². The highest BCUT2D eigenvalue weighted by molar-refractivity contribution is 7.80. The number of hydrogen-bond acceptors (Lipinski definition) is 7. The molecular formula is C10H16N6O2S. The van der Waals surface area contributed by atoms with Gasteiger partial charge in [-0.25, -0.2) is 9.78 Å². The standard InChI is InChI=1S/C10H16N6O2S/c1-5-18-10(17)14-9(19)15-16(4)8-12-6(2)11-7(3)13-8/h5H2,1-4H3,(H2,14,15,17,19). The third-order valence-corrected chi connectivity index (χ3v) is 2.10. The molecule has 0 atom stereocenters. The lowest BCUT2D eigenvalue weighted by Crippen LogP contribution is -2.48. The van der Waals surface area contributed by atoms with Gasteiger partial charge in [0.2, 0.25) is 5.95 Å². The smallest absolute Gasteiger partial charge is 0.413 e. The van der Waals surface area contributed by atoms with Crippen LogP contribution in [0, 0.1) is 13.8 Å². The number of hydrogen-bond donors (Lipinski definition) is 2. The van der Waals surface area contributed by atoms with Gasteiger partial charge in [0, 0.05) is 7.05 Å². The van der Waals surface area contributed by atoms with E-state index in [0.717, 1.165) is 0 Å². The first kappa shape index (κ1) is 15.0. The van der Waals surface area contributed by atoms with Gasteiger partial charge in [-0.05, 0) is 33.0 Å². The van der Waals surface area contributed by atoms with Gasteiger partial charge < -0.3 is 4.74 Å². The summed E-state index contributed by atoms with van der Waals surface area (Å²) in [5.41, 5.74) is 2.74. The van der Waals surface area contributed by atoms with E-state index in [1.54, 1.807) is 27.8 Å². The fourth-order valence-corrected chi connectivity index (χ4v) is 1.46. The monoisotopic (exact) mass is 284 g/mol. The maximum absolute atomic E-state index is 11.2. The van der Waals surface area contributed by atoms with Crippen LogP contribution in [0.1, 0.15) is 18.6 Å². The molecule has 19 heavy (non-hydrogen) atoms. The normalized spacial score (nSPS) is 9.68. The summed E-state index contributed by atoms with van der Waals surface area (Å²) in [5, 5.41) is 3.93. The molecule has 1 aromatic rings. The summed E-state index contributed by atoms with van der Waals surface area (Å²) in [6.07, 6.45) is -0.614. The number of ether oxygens (including phenoxy) is 1. The second kappa shape index (κ2) is 6.78. The lowest BCUT2D eigenvalue weighted by atomic mass is 10.6. The number of aryl methyl sites for hydroxylation is 2. The average molecular weight is 284 g/mol. The lowest BCUT2D eigenvalue weighted by Gasteiger charge is -2.20. The summed E-state index contributed by atoms with van der Waals surface area (Å²) in [7, 11) is 1.67. The van der Waals surface area contributed by atoms with Crippen LogP contribution in [0.25, 0.3) is 0 Å². The van der Waals surface area contributed by atoms with Crippen molar-refractivity contribution in [1.82, 2.24) is 25.7 Å². The summed E-state index contributed by atoms with van der Waals surface area (Å²) in [4.78, 5) is 23.5. The van der Waals surface area contributed by atoms with Crippen molar-refractivity contribution in [3.63, 3.8) is 0 Å². The molecule has 2 N–H and O–H groups in total. The summed E-state index contributed by atoms with van der Waals surface area (Å²) in [5.74, 6) is 1.60. The number of nitrogens with one attached hydrogen (secondary N) is 2. The Balaban J connectivity index is 2.61. The van der Waals surface area contributed by atoms with Crippen LogP contribution in [0.2, 0.25) is 0 Å². The molecule has 0 aromatic carbocycles. The van der Waals surface area contributed by atoms with Crippen LogP contribution in [0.4, 0.5) is 10.7 Å². The van der Waals surface area contributed by atoms with E-state index >= 15 is 0 Å². The zero-order valence-electron chi connectivity index (χ0n) is 11.2. The van der Waals surface area contributed by atoms with Crippen LogP contribution in [-0.2, 0) is 4.74 Å². The topological polar surface area (TPSA) is 92.3 Å². The van der Waals surface area contributed by atoms with E-state index < -0.39 is 6.09 Å². The zero-order chi connectivity index (χ0) is 14.4. The maximum atomic E-state index is 11.2. The molecule has 1 heterocycles. The predicted octanol–water partition coefficient (Wildman–Crippen LogP) is 0.460. The maximum Gasteiger partial charge on any atom is 0.413 e. The first-order valence-electron chi connectivity index (χ1n) is 5.59. The van der Waals surface area contributed by atoms with Crippen molar-refractivity contribution in [3.8, 4) is 0 Å². The van der Waals surface area contributed by atoms with Gasteiger partial charge in [-0.2, -0.15) is 9.97 Å². The van der Waals surface area contributed by atoms with Crippen molar-refractivity contribution in [2.75, 3.05) is 18.7 Å². The zero-order valence-corrected chi connectivity index (χ0v) is 12.0. The summed E-state index contributed by atoms with van der Waals surface area (Å²) in [6, 6.07) is 0. The molecule has 0 radical (unpaired) electrons. The van der Waals surface area contributed by atoms with Gasteiger partial charge in [0.1, 0.15) is 11.6 Å². The largest absolute Gasteiger partial charge is 0.450 e. The fraction of sp³-hybridized carbons (Fsp3) is 0.500. The Kier molecular flexibility index (Phi) is 5.37. The fourth-order valence-electron chi connectivity index (χ4n) is 1.24. The minimum atomic E-state index is -0.614. The van der Waals surface area contributed by atoms with Gasteiger partial charge in [-0.15, -0.1) is 0 Å². The van der Waals surface area contributed by atoms with Gasteiger partial charge in [-0.3, -0.25) is 15.8 Å². The summed E-state index contributed by atoms with van der Waals surface area (Å²) in [6.45, 7) is 5.51. The number of carbonyl (C=O) groups excluding carboxylic acids is 1. The predicted molar refractivity (Wildman–Crippen MR) is 73.6 cm³/mol. The number of amides is 1. The molecule has 1 rings (SSSR count). The van der Waals surface area contributed by atoms with Crippen LogP contribution in [0.5, 0.6) is 0 Å². The van der Waals surface area contributed by atoms with Gasteiger partial charge in [0.25, 0.3) is 0 Å². The number of alkyl carbamates (subject to hydrolysis) is 1. The van der Waals surface area contributed by atoms with Crippen molar-refractivity contribution in [2.24, 2.45) is 0 Å². The molecule has 0 aliphatic heterocycles. The first-order chi connectivity index (χ1) is 8.92. The molecule has 0 fully saturated rings. The van der Waals surface area contributed by atoms with Crippen molar-refractivity contribution in [1.29, 1.82) is 0 Å². The van der Waals surface area contributed by atoms with E-state index in [1.807, 2.05) is 0 Å². The Morgan fingerprint density at radius 3 is 2.42 bits per heavy atom. The van der Waals surface area contributed by atoms with Crippen molar-refractivity contribution in [2.45, 2.75) is 20.8 Å². The Labute approximate surface area is 116 Å². The molecular weight excluding hydrogens is 268 g/mol. The molecule has 8 nitrogen and oxygen atoms in total. The molecule has 0 saturated heterocycles. The van der Waals surface area contributed by atoms with E-state index in [2.05, 4.69) is 25.7 Å². The third kappa shape index (κ3) is 5.00. The van der Waals surface area contributed by atoms with Gasteiger partial charge >= 0.3 is 6.09 Å². The second-order valence-electron chi connectivity index (χ2n) is 3.58. The highest BCUT2D eigenvalue weighted by Gasteiger charge is 2.10. The minimum Gasteiger partial charge on any atom is -0.450 e. The number of anilines is 1. The molecule has 0 aliphatic rings. The Hall–Kier alpha value is -2.03. The average Bonchev–Trinajstić information content (AvgIpc) is 2.27. The van der Waals surface area contributed by atoms with Crippen LogP contribution in [0.3, 0.4) is 0 Å². The Bertz CT molecular complexity index is 461. The van der Waals surface area contributed by atoms with Crippen molar-refractivity contribution >= 4 is 29.4 Å². The van der Waals surface area contributed by atoms with E-state index in [9.17, 15) is 4.79 Å². The minimum absolute atomic E-state index is 0.0941. The summed E-state index contributed by atoms with van der Waals surface area (Å²) >= 11 is 4.95. The van der Waals surface area contributed by atoms with Crippen LogP contribution in [0.15, 0.2) is 0 Å². The molecule has 104 valence electrons. The highest BCUT2D eigenvalue weighted by Crippen LogP contribution is 2.02. The molecule has 0 spiro atoms. The number of rotatable bonds is 3. The molecule has 0 aliphatic carbocycles. The first-order valence-corrected chi connectivity index (χ1v) is 6.00. The van der Waals surface area contributed by atoms with E-state index in [0.29, 0.717) is 17.6 Å². The van der Waals surface area contributed by atoms with Gasteiger partial charge in [0.15, 0.2) is 5.11 Å². The van der Waals surface area contributed by atoms with Gasteiger partial charge in [-0.1, -0.05) is 0 Å². The summed E-state index contributed by atoms with van der Waals surface area (Å²) < 4.78 is 4.70. The number of hydrazine groups is 1. The quantitative estimate of drug-likeness (QED) is 0.611. The number of carbonyl (C=O) groups is 1. The van der Waals surface area contributed by atoms with Crippen LogP contribution >= 0.6 is 12.2 Å². The number of nitrogens with zero attached hydrogens (tertiary/aromatic N) is 4. The third-order valence-electron chi connectivity index (χ3n) is 1.91. The van der Waals surface area contributed by atoms with E-state index in [4.69, 9.17) is 17.0 Å². The van der Waals surface area contributed by atoms with E-state index in [-0.39, 0.29) is 11.7 Å². The van der Waals surface area contributed by atoms with Crippen molar-refractivity contribution in [3.05, 3.63) is 11.6 Å². The Morgan fingerprint density at radius 1 is 1.32 bits per heavy atom. The highest BCUT2D eigenvalue weighted by atomic mass is 32.1. The molecule has 1 aromatic heterocycles. The SMILES string of the molecule is CCOC(=O)NC(=S)NN(C)c1nc(C)nc(C)n1. The molecule has 1 amide bonds. The number of aromatic nitrogens is 3. The lowest BCUT2D eigenvalue weighted by molar-refractivity contribution is 0.157. The molecule has 0 bridgehead atoms. The van der Waals surface area contributed by atoms with Crippen molar-refractivity contribution < 1.29 is 9.53 Å². The van der Waals surface area contributed by atoms with Crippen LogP contribution in [-0.4, -0.2) is 39.8 Å². The molecule has 0 saturated carbocycles. The molecule has 9 heteroatoms. The second-order valence-corrected chi connectivity index (χ2v) is 3.98. The Morgan fingerprint density at radius 2 is 1.89 bits per heavy atom. The number of thiocarbonyl (C=S) groups is 1. The van der Waals surface area contributed by atoms with E-state index in [1.165, 1.54) is 5.01 Å².